The zero-order valence-electron chi connectivity index (χ0n) is 17.8. The van der Waals surface area contributed by atoms with Gasteiger partial charge in [-0.15, -0.1) is 0 Å². The second-order valence-corrected chi connectivity index (χ2v) is 8.39. The minimum atomic E-state index is -0.183. The van der Waals surface area contributed by atoms with Gasteiger partial charge in [-0.1, -0.05) is 17.4 Å². The summed E-state index contributed by atoms with van der Waals surface area (Å²) in [6, 6.07) is 11.2. The van der Waals surface area contributed by atoms with Crippen LogP contribution in [0.15, 0.2) is 48.8 Å². The van der Waals surface area contributed by atoms with E-state index in [9.17, 15) is 4.79 Å². The van der Waals surface area contributed by atoms with E-state index in [1.165, 1.54) is 11.3 Å². The number of nitrogens with two attached hydrogens (primary N) is 1. The van der Waals surface area contributed by atoms with E-state index in [1.54, 1.807) is 29.3 Å². The summed E-state index contributed by atoms with van der Waals surface area (Å²) in [7, 11) is 0. The number of fused-ring (bicyclic) bond motifs is 2. The molecule has 1 amide bonds. The van der Waals surface area contributed by atoms with E-state index in [0.29, 0.717) is 61.7 Å². The maximum Gasteiger partial charge on any atom is 0.260 e. The van der Waals surface area contributed by atoms with Crippen molar-refractivity contribution in [3.05, 3.63) is 54.4 Å². The maximum atomic E-state index is 13.5. The summed E-state index contributed by atoms with van der Waals surface area (Å²) < 4.78 is 17.8. The van der Waals surface area contributed by atoms with E-state index >= 15 is 0 Å². The molecular formula is C23H23N5O4S. The van der Waals surface area contributed by atoms with E-state index in [-0.39, 0.29) is 5.91 Å². The zero-order valence-corrected chi connectivity index (χ0v) is 18.6. The number of carbonyl (C=O) groups is 1. The highest BCUT2D eigenvalue weighted by Crippen LogP contribution is 2.34. The number of carbonyl (C=O) groups excluding carboxylic acids is 1. The number of benzene rings is 2. The minimum absolute atomic E-state index is 0.183. The quantitative estimate of drug-likeness (QED) is 0.384. The molecule has 0 saturated carbocycles. The average Bonchev–Trinajstić information content (AvgIpc) is 3.53. The third kappa shape index (κ3) is 4.54. The first-order valence-electron chi connectivity index (χ1n) is 10.6. The van der Waals surface area contributed by atoms with E-state index in [0.717, 1.165) is 21.3 Å². The molecule has 2 aromatic heterocycles. The van der Waals surface area contributed by atoms with Gasteiger partial charge in [-0.2, -0.15) is 5.10 Å². The highest BCUT2D eigenvalue weighted by molar-refractivity contribution is 7.22. The predicted molar refractivity (Wildman–Crippen MR) is 126 cm³/mol. The van der Waals surface area contributed by atoms with Crippen LogP contribution in [0.3, 0.4) is 0 Å². The third-order valence-electron chi connectivity index (χ3n) is 5.20. The standard InChI is InChI=1S/C23H23N5O4S/c24-5-7-30-8-6-28(22(29)16-2-4-19-20(11-16)32-10-9-31-19)23-27-18-3-1-15(12-21(18)33-23)17-13-25-26-14-17/h1-4,11-14H,5-10,24H2,(H,25,26). The van der Waals surface area contributed by atoms with Crippen LogP contribution in [0.4, 0.5) is 5.13 Å². The number of aromatic nitrogens is 3. The van der Waals surface area contributed by atoms with Crippen molar-refractivity contribution in [2.45, 2.75) is 0 Å². The van der Waals surface area contributed by atoms with Crippen LogP contribution in [0.1, 0.15) is 10.4 Å². The number of aromatic amines is 1. The van der Waals surface area contributed by atoms with Crippen LogP contribution in [0.5, 0.6) is 11.5 Å². The minimum Gasteiger partial charge on any atom is -0.486 e. The van der Waals surface area contributed by atoms with E-state index in [2.05, 4.69) is 16.3 Å². The molecule has 0 fully saturated rings. The van der Waals surface area contributed by atoms with Gasteiger partial charge >= 0.3 is 0 Å². The summed E-state index contributed by atoms with van der Waals surface area (Å²) in [4.78, 5) is 19.9. The van der Waals surface area contributed by atoms with Gasteiger partial charge in [0.1, 0.15) is 13.2 Å². The van der Waals surface area contributed by atoms with Crippen molar-refractivity contribution in [3.8, 4) is 22.6 Å². The number of rotatable bonds is 8. The van der Waals surface area contributed by atoms with Crippen LogP contribution in [0.2, 0.25) is 0 Å². The molecule has 4 aromatic rings. The van der Waals surface area contributed by atoms with Crippen molar-refractivity contribution in [2.24, 2.45) is 5.73 Å². The predicted octanol–water partition coefficient (Wildman–Crippen LogP) is 3.08. The summed E-state index contributed by atoms with van der Waals surface area (Å²) in [5.74, 6) is 1.03. The maximum absolute atomic E-state index is 13.5. The highest BCUT2D eigenvalue weighted by atomic mass is 32.1. The number of nitrogens with zero attached hydrogens (tertiary/aromatic N) is 3. The fraction of sp³-hybridized carbons (Fsp3) is 0.261. The largest absolute Gasteiger partial charge is 0.486 e. The Labute approximate surface area is 194 Å². The fourth-order valence-electron chi connectivity index (χ4n) is 3.57. The van der Waals surface area contributed by atoms with E-state index in [1.807, 2.05) is 18.3 Å². The topological polar surface area (TPSA) is 116 Å². The Bertz CT molecular complexity index is 1260. The molecule has 9 nitrogen and oxygen atoms in total. The average molecular weight is 466 g/mol. The van der Waals surface area contributed by atoms with Gasteiger partial charge in [0.05, 0.1) is 36.2 Å². The number of hydrogen-bond donors (Lipinski definition) is 2. The van der Waals surface area contributed by atoms with Gasteiger partial charge in [-0.3, -0.25) is 14.8 Å². The van der Waals surface area contributed by atoms with Gasteiger partial charge in [0.2, 0.25) is 0 Å². The van der Waals surface area contributed by atoms with Gasteiger partial charge < -0.3 is 19.9 Å². The lowest BCUT2D eigenvalue weighted by atomic mass is 10.1. The van der Waals surface area contributed by atoms with E-state index in [4.69, 9.17) is 24.9 Å². The first-order valence-corrected chi connectivity index (χ1v) is 11.4. The summed E-state index contributed by atoms with van der Waals surface area (Å²) in [6.45, 7) is 2.51. The number of thiazole rings is 1. The molecule has 3 heterocycles. The van der Waals surface area contributed by atoms with Crippen molar-refractivity contribution >= 4 is 32.6 Å². The number of amides is 1. The number of H-pyrrole nitrogens is 1. The molecule has 33 heavy (non-hydrogen) atoms. The number of anilines is 1. The van der Waals surface area contributed by atoms with Crippen LogP contribution in [0.25, 0.3) is 21.3 Å². The summed E-state index contributed by atoms with van der Waals surface area (Å²) in [5, 5.41) is 7.45. The summed E-state index contributed by atoms with van der Waals surface area (Å²) in [5.41, 5.74) is 8.87. The van der Waals surface area contributed by atoms with Crippen LogP contribution in [0, 0.1) is 0 Å². The Hall–Kier alpha value is -3.47. The molecule has 170 valence electrons. The van der Waals surface area contributed by atoms with Crippen molar-refractivity contribution in [1.29, 1.82) is 0 Å². The Kier molecular flexibility index (Phi) is 6.20. The Morgan fingerprint density at radius 1 is 1.12 bits per heavy atom. The normalized spacial score (nSPS) is 12.8. The SMILES string of the molecule is NCCOCCN(C(=O)c1ccc2c(c1)OCCO2)c1nc2ccc(-c3cn[nH]c3)cc2s1. The van der Waals surface area contributed by atoms with Gasteiger partial charge in [0.15, 0.2) is 16.6 Å². The van der Waals surface area contributed by atoms with Crippen molar-refractivity contribution in [2.75, 3.05) is 44.4 Å². The monoisotopic (exact) mass is 465 g/mol. The third-order valence-corrected chi connectivity index (χ3v) is 6.24. The highest BCUT2D eigenvalue weighted by Gasteiger charge is 2.23. The smallest absolute Gasteiger partial charge is 0.260 e. The summed E-state index contributed by atoms with van der Waals surface area (Å²) >= 11 is 1.46. The molecular weight excluding hydrogens is 442 g/mol. The van der Waals surface area contributed by atoms with Crippen molar-refractivity contribution in [3.63, 3.8) is 0 Å². The molecule has 10 heteroatoms. The Morgan fingerprint density at radius 2 is 2.00 bits per heavy atom. The Morgan fingerprint density at radius 3 is 2.82 bits per heavy atom. The number of ether oxygens (including phenoxy) is 3. The molecule has 2 aromatic carbocycles. The van der Waals surface area contributed by atoms with Gasteiger partial charge in [0, 0.05) is 23.9 Å². The molecule has 0 atom stereocenters. The summed E-state index contributed by atoms with van der Waals surface area (Å²) in [6.07, 6.45) is 3.62. The van der Waals surface area contributed by atoms with Gasteiger partial charge in [-0.25, -0.2) is 4.98 Å². The zero-order chi connectivity index (χ0) is 22.6. The molecule has 3 N–H and O–H groups in total. The molecule has 0 spiro atoms. The molecule has 5 rings (SSSR count). The second-order valence-electron chi connectivity index (χ2n) is 7.38. The fourth-order valence-corrected chi connectivity index (χ4v) is 4.60. The lowest BCUT2D eigenvalue weighted by Crippen LogP contribution is -2.34. The molecule has 0 bridgehead atoms. The van der Waals surface area contributed by atoms with Crippen molar-refractivity contribution < 1.29 is 19.0 Å². The molecule has 0 radical (unpaired) electrons. The molecule has 0 aliphatic carbocycles. The lowest BCUT2D eigenvalue weighted by molar-refractivity contribution is 0.0962. The molecule has 0 saturated heterocycles. The number of nitrogens with one attached hydrogen (secondary N) is 1. The number of hydrogen-bond acceptors (Lipinski definition) is 8. The second kappa shape index (κ2) is 9.57. The van der Waals surface area contributed by atoms with Gasteiger partial charge in [-0.05, 0) is 35.9 Å². The van der Waals surface area contributed by atoms with Crippen LogP contribution in [-0.4, -0.2) is 60.6 Å². The first-order chi connectivity index (χ1) is 16.2. The van der Waals surface area contributed by atoms with Gasteiger partial charge in [0.25, 0.3) is 5.91 Å². The Balaban J connectivity index is 1.46. The van der Waals surface area contributed by atoms with Crippen molar-refractivity contribution in [1.82, 2.24) is 15.2 Å². The first kappa shape index (κ1) is 21.4. The molecule has 1 aliphatic rings. The van der Waals surface area contributed by atoms with Crippen LogP contribution < -0.4 is 20.1 Å². The lowest BCUT2D eigenvalue weighted by Gasteiger charge is -2.22. The van der Waals surface area contributed by atoms with Crippen LogP contribution >= 0.6 is 11.3 Å². The molecule has 1 aliphatic heterocycles. The molecule has 0 unspecified atom stereocenters. The van der Waals surface area contributed by atoms with E-state index < -0.39 is 0 Å². The van der Waals surface area contributed by atoms with Crippen LogP contribution in [-0.2, 0) is 4.74 Å².